The molecule has 0 fully saturated rings. The predicted octanol–water partition coefficient (Wildman–Crippen LogP) is 3.64. The van der Waals surface area contributed by atoms with Crippen LogP contribution < -0.4 is 10.6 Å². The lowest BCUT2D eigenvalue weighted by molar-refractivity contribution is 1.00. The summed E-state index contributed by atoms with van der Waals surface area (Å²) in [4.78, 5) is 0. The Morgan fingerprint density at radius 2 is 1.62 bits per heavy atom. The third-order valence-corrected chi connectivity index (χ3v) is 4.21. The van der Waals surface area contributed by atoms with Gasteiger partial charge >= 0.3 is 0 Å². The molecule has 2 heterocycles. The minimum Gasteiger partial charge on any atom is -0.314 e. The van der Waals surface area contributed by atoms with Gasteiger partial charge in [-0.15, -0.1) is 0 Å². The zero-order valence-electron chi connectivity index (χ0n) is 14.7. The highest BCUT2D eigenvalue weighted by molar-refractivity contribution is 6.69. The molecular weight excluding hydrogens is 289 g/mol. The van der Waals surface area contributed by atoms with Crippen molar-refractivity contribution in [1.29, 1.82) is 0 Å². The van der Waals surface area contributed by atoms with E-state index < -0.39 is 0 Å². The number of allylic oxidation sites excluding steroid dienone is 10. The number of fused-ring (bicyclic) bond motifs is 1. The minimum atomic E-state index is 0.854. The number of aromatic nitrogens is 1. The van der Waals surface area contributed by atoms with Gasteiger partial charge in [-0.05, 0) is 25.1 Å². The summed E-state index contributed by atoms with van der Waals surface area (Å²) in [5, 5.41) is 2.19. The van der Waals surface area contributed by atoms with Gasteiger partial charge in [-0.3, -0.25) is 0 Å². The van der Waals surface area contributed by atoms with Crippen molar-refractivity contribution in [2.24, 2.45) is 0 Å². The summed E-state index contributed by atoms with van der Waals surface area (Å²) in [7, 11) is 0.854. The molecule has 0 bridgehead atoms. The lowest BCUT2D eigenvalue weighted by atomic mass is 9.60. The molecule has 0 aromatic carbocycles. The molecule has 0 aliphatic carbocycles. The van der Waals surface area contributed by atoms with E-state index in [9.17, 15) is 0 Å². The van der Waals surface area contributed by atoms with Gasteiger partial charge < -0.3 is 4.57 Å². The Bertz CT molecular complexity index is 914. The van der Waals surface area contributed by atoms with E-state index in [1.54, 1.807) is 12.2 Å². The highest BCUT2D eigenvalue weighted by atomic mass is 15.0. The molecule has 0 amide bonds. The summed E-state index contributed by atoms with van der Waals surface area (Å²) in [5.41, 5.74) is 5.91. The predicted molar refractivity (Wildman–Crippen MR) is 111 cm³/mol. The van der Waals surface area contributed by atoms with E-state index in [1.807, 2.05) is 25.2 Å². The first-order valence-corrected chi connectivity index (χ1v) is 8.10. The van der Waals surface area contributed by atoms with Gasteiger partial charge in [-0.25, -0.2) is 0 Å². The lowest BCUT2D eigenvalue weighted by Crippen LogP contribution is -2.36. The monoisotopic (exact) mass is 313 g/mol. The fourth-order valence-corrected chi connectivity index (χ4v) is 3.21. The Kier molecular flexibility index (Phi) is 5.65. The molecule has 1 aromatic rings. The Morgan fingerprint density at radius 1 is 0.958 bits per heavy atom. The lowest BCUT2D eigenvalue weighted by Gasteiger charge is -2.19. The maximum absolute atomic E-state index is 4.34. The molecule has 0 saturated carbocycles. The van der Waals surface area contributed by atoms with E-state index >= 15 is 0 Å². The Hall–Kier alpha value is -2.74. The van der Waals surface area contributed by atoms with E-state index in [-0.39, 0.29) is 0 Å². The SMILES string of the molecule is C=C/C=C\C1=c2c(=C)c(/C=C\C=C)c(C)n2C(C=C)=C(/C=C\C)B1. The van der Waals surface area contributed by atoms with Gasteiger partial charge in [-0.2, -0.15) is 0 Å². The van der Waals surface area contributed by atoms with Crippen molar-refractivity contribution < 1.29 is 0 Å². The molecule has 24 heavy (non-hydrogen) atoms. The first-order chi connectivity index (χ1) is 11.6. The molecular formula is C22H24BN. The first kappa shape index (κ1) is 17.6. The molecule has 0 radical (unpaired) electrons. The van der Waals surface area contributed by atoms with E-state index in [2.05, 4.69) is 62.1 Å². The van der Waals surface area contributed by atoms with Crippen molar-refractivity contribution in [3.05, 3.63) is 95.6 Å². The normalized spacial score (nSPS) is 14.5. The van der Waals surface area contributed by atoms with Crippen molar-refractivity contribution in [3.63, 3.8) is 0 Å². The van der Waals surface area contributed by atoms with Crippen LogP contribution in [0.25, 0.3) is 23.8 Å². The van der Waals surface area contributed by atoms with Gasteiger partial charge in [0, 0.05) is 22.3 Å². The van der Waals surface area contributed by atoms with Gasteiger partial charge in [0.15, 0.2) is 7.28 Å². The van der Waals surface area contributed by atoms with Crippen LogP contribution in [0.2, 0.25) is 0 Å². The molecule has 1 nitrogen and oxygen atoms in total. The summed E-state index contributed by atoms with van der Waals surface area (Å²) in [6.45, 7) is 20.1. The van der Waals surface area contributed by atoms with Gasteiger partial charge in [0.2, 0.25) is 0 Å². The van der Waals surface area contributed by atoms with Crippen LogP contribution in [-0.4, -0.2) is 11.8 Å². The molecule has 2 rings (SSSR count). The summed E-state index contributed by atoms with van der Waals surface area (Å²) in [5.74, 6) is 0. The van der Waals surface area contributed by atoms with Crippen LogP contribution in [0.15, 0.2) is 73.8 Å². The second kappa shape index (κ2) is 7.69. The fraction of sp³-hybridized carbons (Fsp3) is 0.0909. The highest BCUT2D eigenvalue weighted by Crippen LogP contribution is 2.22. The topological polar surface area (TPSA) is 4.93 Å². The number of rotatable bonds is 6. The third kappa shape index (κ3) is 3.00. The van der Waals surface area contributed by atoms with Gasteiger partial charge in [0.1, 0.15) is 0 Å². The Balaban J connectivity index is 2.96. The van der Waals surface area contributed by atoms with Crippen LogP contribution in [0.4, 0.5) is 0 Å². The standard InChI is InChI=1S/C22H24BN/c1-7-11-14-18-16(5)22-20(15-12-8-2)23-19(13-9-3)21(10-4)24(22)17(18)6/h7-15,23H,1-2,4-5H2,3,6H3/b13-9-,14-11-,15-12-. The molecule has 0 saturated heterocycles. The maximum Gasteiger partial charge on any atom is 0.197 e. The zero-order chi connectivity index (χ0) is 17.7. The Morgan fingerprint density at radius 3 is 2.21 bits per heavy atom. The average molecular weight is 313 g/mol. The second-order valence-electron chi connectivity index (χ2n) is 5.67. The van der Waals surface area contributed by atoms with Crippen LogP contribution >= 0.6 is 0 Å². The van der Waals surface area contributed by atoms with Crippen LogP contribution in [-0.2, 0) is 0 Å². The van der Waals surface area contributed by atoms with Gasteiger partial charge in [-0.1, -0.05) is 85.9 Å². The summed E-state index contributed by atoms with van der Waals surface area (Å²) < 4.78 is 2.26. The van der Waals surface area contributed by atoms with Crippen molar-refractivity contribution in [2.75, 3.05) is 0 Å². The van der Waals surface area contributed by atoms with Crippen LogP contribution in [0.1, 0.15) is 18.2 Å². The van der Waals surface area contributed by atoms with Gasteiger partial charge in [0.05, 0.1) is 0 Å². The summed E-state index contributed by atoms with van der Waals surface area (Å²) in [6, 6.07) is 0. The fourth-order valence-electron chi connectivity index (χ4n) is 3.21. The molecule has 1 aromatic heterocycles. The van der Waals surface area contributed by atoms with E-state index in [0.29, 0.717) is 0 Å². The number of nitrogens with zero attached hydrogens (tertiary/aromatic N) is 1. The smallest absolute Gasteiger partial charge is 0.197 e. The molecule has 1 aliphatic rings. The van der Waals surface area contributed by atoms with E-state index in [4.69, 9.17) is 0 Å². The van der Waals surface area contributed by atoms with Crippen LogP contribution in [0, 0.1) is 6.92 Å². The minimum absolute atomic E-state index is 0.854. The quantitative estimate of drug-likeness (QED) is 0.558. The average Bonchev–Trinajstić information content (AvgIpc) is 2.83. The van der Waals surface area contributed by atoms with Crippen molar-refractivity contribution in [2.45, 2.75) is 13.8 Å². The molecule has 0 atom stereocenters. The molecule has 2 heteroatoms. The molecule has 0 spiro atoms. The second-order valence-corrected chi connectivity index (χ2v) is 5.67. The van der Waals surface area contributed by atoms with E-state index in [1.165, 1.54) is 10.9 Å². The summed E-state index contributed by atoms with van der Waals surface area (Å²) in [6.07, 6.45) is 17.9. The van der Waals surface area contributed by atoms with Crippen molar-refractivity contribution in [1.82, 2.24) is 4.57 Å². The van der Waals surface area contributed by atoms with E-state index in [0.717, 1.165) is 34.8 Å². The molecule has 0 unspecified atom stereocenters. The molecule has 1 aliphatic heterocycles. The third-order valence-electron chi connectivity index (χ3n) is 4.21. The van der Waals surface area contributed by atoms with Crippen molar-refractivity contribution in [3.8, 4) is 0 Å². The summed E-state index contributed by atoms with van der Waals surface area (Å²) >= 11 is 0. The maximum atomic E-state index is 4.34. The van der Waals surface area contributed by atoms with Gasteiger partial charge in [0.25, 0.3) is 0 Å². The van der Waals surface area contributed by atoms with Crippen LogP contribution in [0.5, 0.6) is 0 Å². The van der Waals surface area contributed by atoms with Crippen LogP contribution in [0.3, 0.4) is 0 Å². The largest absolute Gasteiger partial charge is 0.314 e. The number of hydrogen-bond donors (Lipinski definition) is 0. The highest BCUT2D eigenvalue weighted by Gasteiger charge is 2.20. The molecule has 0 N–H and O–H groups in total. The Labute approximate surface area is 145 Å². The molecule has 120 valence electrons. The zero-order valence-corrected chi connectivity index (χ0v) is 14.7. The van der Waals surface area contributed by atoms with Crippen molar-refractivity contribution >= 4 is 31.1 Å². The number of hydrogen-bond acceptors (Lipinski definition) is 0. The first-order valence-electron chi connectivity index (χ1n) is 8.10.